The maximum absolute atomic E-state index is 4.63. The molecule has 1 saturated carbocycles. The highest BCUT2D eigenvalue weighted by Gasteiger charge is 2.10. The van der Waals surface area contributed by atoms with Gasteiger partial charge in [-0.05, 0) is 25.0 Å². The van der Waals surface area contributed by atoms with Crippen molar-refractivity contribution in [2.75, 3.05) is 6.54 Å². The first-order valence-electron chi connectivity index (χ1n) is 8.09. The van der Waals surface area contributed by atoms with E-state index in [-0.39, 0.29) is 0 Å². The molecule has 0 aliphatic heterocycles. The van der Waals surface area contributed by atoms with Gasteiger partial charge < -0.3 is 10.3 Å². The summed E-state index contributed by atoms with van der Waals surface area (Å²) in [6, 6.07) is 8.97. The van der Waals surface area contributed by atoms with Crippen LogP contribution in [0.2, 0.25) is 0 Å². The van der Waals surface area contributed by atoms with Gasteiger partial charge in [0.05, 0.1) is 11.0 Å². The molecule has 1 aliphatic carbocycles. The van der Waals surface area contributed by atoms with Crippen LogP contribution in [-0.4, -0.2) is 22.6 Å². The first-order chi connectivity index (χ1) is 9.92. The van der Waals surface area contributed by atoms with Crippen molar-refractivity contribution in [2.45, 2.75) is 57.4 Å². The number of nitrogens with zero attached hydrogens (tertiary/aromatic N) is 1. The SMILES string of the molecule is c1ccc2[nH]c(CCNC3CCCCCCC3)nc2c1. The second-order valence-electron chi connectivity index (χ2n) is 5.95. The van der Waals surface area contributed by atoms with Gasteiger partial charge in [0.1, 0.15) is 5.82 Å². The van der Waals surface area contributed by atoms with E-state index in [1.807, 2.05) is 6.07 Å². The van der Waals surface area contributed by atoms with Crippen molar-refractivity contribution in [3.8, 4) is 0 Å². The second-order valence-corrected chi connectivity index (χ2v) is 5.95. The van der Waals surface area contributed by atoms with E-state index in [0.29, 0.717) is 0 Å². The average Bonchev–Trinajstić information content (AvgIpc) is 2.83. The van der Waals surface area contributed by atoms with E-state index in [9.17, 15) is 0 Å². The highest BCUT2D eigenvalue weighted by molar-refractivity contribution is 5.74. The number of para-hydroxylation sites is 2. The number of H-pyrrole nitrogens is 1. The van der Waals surface area contributed by atoms with Crippen LogP contribution in [0.4, 0.5) is 0 Å². The summed E-state index contributed by atoms with van der Waals surface area (Å²) >= 11 is 0. The summed E-state index contributed by atoms with van der Waals surface area (Å²) in [6.45, 7) is 1.03. The molecule has 3 heteroatoms. The maximum atomic E-state index is 4.63. The molecule has 2 aromatic rings. The minimum Gasteiger partial charge on any atom is -0.342 e. The van der Waals surface area contributed by atoms with Crippen molar-refractivity contribution in [2.24, 2.45) is 0 Å². The van der Waals surface area contributed by atoms with Gasteiger partial charge in [-0.3, -0.25) is 0 Å². The third-order valence-electron chi connectivity index (χ3n) is 4.34. The van der Waals surface area contributed by atoms with Crippen molar-refractivity contribution in [3.05, 3.63) is 30.1 Å². The fraction of sp³-hybridized carbons (Fsp3) is 0.588. The lowest BCUT2D eigenvalue weighted by molar-refractivity contribution is 0.391. The standard InChI is InChI=1S/C17H25N3/c1-2-4-8-14(9-5-3-1)18-13-12-17-19-15-10-6-7-11-16(15)20-17/h6-7,10-11,14,18H,1-5,8-9,12-13H2,(H,19,20). The quantitative estimate of drug-likeness (QED) is 0.888. The maximum Gasteiger partial charge on any atom is 0.108 e. The minimum absolute atomic E-state index is 0.722. The highest BCUT2D eigenvalue weighted by Crippen LogP contribution is 2.17. The largest absolute Gasteiger partial charge is 0.342 e. The molecule has 0 unspecified atom stereocenters. The van der Waals surface area contributed by atoms with E-state index in [1.54, 1.807) is 0 Å². The lowest BCUT2D eigenvalue weighted by Crippen LogP contribution is -2.31. The van der Waals surface area contributed by atoms with Crippen LogP contribution in [0.1, 0.15) is 50.8 Å². The molecule has 108 valence electrons. The molecule has 0 atom stereocenters. The van der Waals surface area contributed by atoms with Crippen molar-refractivity contribution in [1.29, 1.82) is 0 Å². The predicted molar refractivity (Wildman–Crippen MR) is 83.9 cm³/mol. The highest BCUT2D eigenvalue weighted by atomic mass is 14.9. The lowest BCUT2D eigenvalue weighted by Gasteiger charge is -2.20. The summed E-state index contributed by atoms with van der Waals surface area (Å²) in [7, 11) is 0. The molecule has 0 saturated heterocycles. The van der Waals surface area contributed by atoms with Crippen molar-refractivity contribution < 1.29 is 0 Å². The molecule has 20 heavy (non-hydrogen) atoms. The van der Waals surface area contributed by atoms with E-state index < -0.39 is 0 Å². The van der Waals surface area contributed by atoms with Crippen LogP contribution in [-0.2, 0) is 6.42 Å². The number of fused-ring (bicyclic) bond motifs is 1. The Labute approximate surface area is 121 Å². The van der Waals surface area contributed by atoms with Gasteiger partial charge in [0.25, 0.3) is 0 Å². The van der Waals surface area contributed by atoms with Crippen LogP contribution < -0.4 is 5.32 Å². The van der Waals surface area contributed by atoms with Crippen LogP contribution in [0.3, 0.4) is 0 Å². The molecule has 1 aliphatic rings. The summed E-state index contributed by atoms with van der Waals surface area (Å²) in [4.78, 5) is 8.04. The van der Waals surface area contributed by atoms with Gasteiger partial charge >= 0.3 is 0 Å². The average molecular weight is 271 g/mol. The smallest absolute Gasteiger partial charge is 0.108 e. The molecule has 3 rings (SSSR count). The molecule has 1 fully saturated rings. The fourth-order valence-electron chi connectivity index (χ4n) is 3.18. The van der Waals surface area contributed by atoms with Gasteiger partial charge in [-0.1, -0.05) is 44.2 Å². The second kappa shape index (κ2) is 6.89. The molecule has 1 aromatic carbocycles. The van der Waals surface area contributed by atoms with Gasteiger partial charge in [0.2, 0.25) is 0 Å². The van der Waals surface area contributed by atoms with Crippen molar-refractivity contribution in [3.63, 3.8) is 0 Å². The molecule has 0 bridgehead atoms. The number of rotatable bonds is 4. The number of benzene rings is 1. The predicted octanol–water partition coefficient (Wildman–Crippen LogP) is 3.81. The van der Waals surface area contributed by atoms with Crippen LogP contribution in [0.25, 0.3) is 11.0 Å². The fourth-order valence-corrected chi connectivity index (χ4v) is 3.18. The van der Waals surface area contributed by atoms with Crippen LogP contribution in [0.5, 0.6) is 0 Å². The van der Waals surface area contributed by atoms with Crippen molar-refractivity contribution >= 4 is 11.0 Å². The van der Waals surface area contributed by atoms with E-state index >= 15 is 0 Å². The molecular formula is C17H25N3. The molecular weight excluding hydrogens is 246 g/mol. The Kier molecular flexibility index (Phi) is 4.69. The molecule has 0 radical (unpaired) electrons. The van der Waals surface area contributed by atoms with Crippen LogP contribution in [0.15, 0.2) is 24.3 Å². The zero-order valence-corrected chi connectivity index (χ0v) is 12.2. The summed E-state index contributed by atoms with van der Waals surface area (Å²) in [5.41, 5.74) is 2.22. The number of nitrogens with one attached hydrogen (secondary N) is 2. The molecule has 3 nitrogen and oxygen atoms in total. The Morgan fingerprint density at radius 3 is 2.60 bits per heavy atom. The summed E-state index contributed by atoms with van der Waals surface area (Å²) in [5, 5.41) is 3.72. The summed E-state index contributed by atoms with van der Waals surface area (Å²) in [6.07, 6.45) is 10.7. The zero-order valence-electron chi connectivity index (χ0n) is 12.2. The summed E-state index contributed by atoms with van der Waals surface area (Å²) < 4.78 is 0. The Morgan fingerprint density at radius 1 is 1.05 bits per heavy atom. The van der Waals surface area contributed by atoms with E-state index in [2.05, 4.69) is 33.5 Å². The van der Waals surface area contributed by atoms with Gasteiger partial charge in [0.15, 0.2) is 0 Å². The van der Waals surface area contributed by atoms with E-state index in [0.717, 1.165) is 35.9 Å². The van der Waals surface area contributed by atoms with Crippen molar-refractivity contribution in [1.82, 2.24) is 15.3 Å². The molecule has 1 heterocycles. The molecule has 1 aromatic heterocycles. The number of hydrogen-bond donors (Lipinski definition) is 2. The van der Waals surface area contributed by atoms with E-state index in [1.165, 1.54) is 44.9 Å². The molecule has 0 amide bonds. The third kappa shape index (κ3) is 3.60. The topological polar surface area (TPSA) is 40.7 Å². The van der Waals surface area contributed by atoms with Crippen LogP contribution >= 0.6 is 0 Å². The number of aromatic amines is 1. The Balaban J connectivity index is 1.48. The molecule has 2 N–H and O–H groups in total. The number of hydrogen-bond acceptors (Lipinski definition) is 2. The number of imidazole rings is 1. The van der Waals surface area contributed by atoms with Gasteiger partial charge in [0, 0.05) is 19.0 Å². The first kappa shape index (κ1) is 13.6. The van der Waals surface area contributed by atoms with Gasteiger partial charge in [-0.25, -0.2) is 4.98 Å². The minimum atomic E-state index is 0.722. The lowest BCUT2D eigenvalue weighted by atomic mass is 9.97. The summed E-state index contributed by atoms with van der Waals surface area (Å²) in [5.74, 6) is 1.10. The first-order valence-corrected chi connectivity index (χ1v) is 8.09. The number of aromatic nitrogens is 2. The van der Waals surface area contributed by atoms with Crippen LogP contribution in [0, 0.1) is 0 Å². The Morgan fingerprint density at radius 2 is 1.80 bits per heavy atom. The molecule has 0 spiro atoms. The Bertz CT molecular complexity index is 491. The van der Waals surface area contributed by atoms with Gasteiger partial charge in [-0.2, -0.15) is 0 Å². The normalized spacial score (nSPS) is 18.0. The zero-order chi connectivity index (χ0) is 13.6. The van der Waals surface area contributed by atoms with E-state index in [4.69, 9.17) is 0 Å². The Hall–Kier alpha value is -1.35. The monoisotopic (exact) mass is 271 g/mol. The van der Waals surface area contributed by atoms with Gasteiger partial charge in [-0.15, -0.1) is 0 Å². The third-order valence-corrected chi connectivity index (χ3v) is 4.34.